The Balaban J connectivity index is 0.000000368. The number of hydrogen-bond acceptors (Lipinski definition) is 10. The number of H-pyrrole nitrogens is 4. The van der Waals surface area contributed by atoms with E-state index in [1.54, 1.807) is 0 Å². The predicted octanol–water partition coefficient (Wildman–Crippen LogP) is -1.46. The van der Waals surface area contributed by atoms with Gasteiger partial charge in [0, 0.05) is 0 Å². The van der Waals surface area contributed by atoms with Crippen molar-refractivity contribution in [2.45, 2.75) is 0 Å². The van der Waals surface area contributed by atoms with Gasteiger partial charge in [-0.3, -0.25) is 29.0 Å². The van der Waals surface area contributed by atoms with Crippen LogP contribution in [0.2, 0.25) is 0 Å². The van der Waals surface area contributed by atoms with Gasteiger partial charge in [-0.05, 0) is 0 Å². The fourth-order valence-corrected chi connectivity index (χ4v) is 1.43. The van der Waals surface area contributed by atoms with Crippen molar-refractivity contribution in [1.82, 2.24) is 19.9 Å². The second kappa shape index (κ2) is 8.94. The Morgan fingerprint density at radius 2 is 0.960 bits per heavy atom. The molecule has 25 heavy (non-hydrogen) atoms. The van der Waals surface area contributed by atoms with Crippen LogP contribution in [0.3, 0.4) is 0 Å². The number of hydrogen-bond donors (Lipinski definition) is 10. The number of nitrogens with one attached hydrogen (secondary N) is 4. The first-order chi connectivity index (χ1) is 11.2. The largest absolute Gasteiger partial charge is 0.394 e. The van der Waals surface area contributed by atoms with Gasteiger partial charge in [0.15, 0.2) is 0 Å². The Kier molecular flexibility index (Phi) is 7.96. The Bertz CT molecular complexity index is 985. The number of aromatic nitrogens is 4. The number of nitrogen functional groups attached to an aromatic ring is 4. The topological polar surface area (TPSA) is 276 Å². The fourth-order valence-electron chi connectivity index (χ4n) is 1.03. The van der Waals surface area contributed by atoms with E-state index in [2.05, 4.69) is 44.4 Å². The summed E-state index contributed by atoms with van der Waals surface area (Å²) in [6.45, 7) is 0. The number of aromatic amines is 4. The molecule has 140 valence electrons. The molecule has 0 saturated heterocycles. The highest BCUT2D eigenvalue weighted by Crippen LogP contribution is 2.06. The van der Waals surface area contributed by atoms with E-state index in [1.807, 2.05) is 0 Å². The summed E-state index contributed by atoms with van der Waals surface area (Å²) in [5, 5.41) is 0. The number of nitrogens with two attached hydrogens (primary N) is 4. The van der Waals surface area contributed by atoms with Gasteiger partial charge in [0.25, 0.3) is 0 Å². The van der Waals surface area contributed by atoms with Crippen molar-refractivity contribution in [3.63, 3.8) is 0 Å². The van der Waals surface area contributed by atoms with Gasteiger partial charge in [-0.2, -0.15) is 8.42 Å². The smallest absolute Gasteiger partial charge is 0.393 e. The Morgan fingerprint density at radius 3 is 1.16 bits per heavy atom. The second-order valence-electron chi connectivity index (χ2n) is 3.92. The lowest BCUT2D eigenvalue weighted by Crippen LogP contribution is -2.14. The fraction of sp³-hybridized carbons (Fsp3) is 0. The summed E-state index contributed by atoms with van der Waals surface area (Å²) >= 11 is 9.30. The molecule has 0 spiro atoms. The molecule has 2 aromatic heterocycles. The highest BCUT2D eigenvalue weighted by molar-refractivity contribution is 7.79. The molecular formula is C8H14N8O6S3. The molecule has 0 bridgehead atoms. The predicted molar refractivity (Wildman–Crippen MR) is 96.3 cm³/mol. The first-order valence-corrected chi connectivity index (χ1v) is 7.88. The molecule has 14 N–H and O–H groups in total. The molecule has 0 fully saturated rings. The molecule has 0 aliphatic heterocycles. The summed E-state index contributed by atoms with van der Waals surface area (Å²) in [6.07, 6.45) is 0. The minimum absolute atomic E-state index is 0.105. The van der Waals surface area contributed by atoms with E-state index in [4.69, 9.17) is 40.5 Å². The average molecular weight is 414 g/mol. The highest BCUT2D eigenvalue weighted by Gasteiger charge is 1.96. The third kappa shape index (κ3) is 9.22. The van der Waals surface area contributed by atoms with Crippen LogP contribution in [-0.2, 0) is 10.4 Å². The first kappa shape index (κ1) is 22.3. The minimum atomic E-state index is -4.67. The van der Waals surface area contributed by atoms with Crippen LogP contribution in [-0.4, -0.2) is 37.5 Å². The molecule has 14 nitrogen and oxygen atoms in total. The standard InChI is InChI=1S/2C4H6N4OS.H2O4S/c2*5-1-2(6)7-4(9)8-3(1)10;1-5(2,3)4/h2*5H2,(H4,6,7,8,9,10);(H2,1,2,3,4). The van der Waals surface area contributed by atoms with Crippen molar-refractivity contribution in [2.75, 3.05) is 22.9 Å². The number of anilines is 4. The van der Waals surface area contributed by atoms with E-state index < -0.39 is 21.8 Å². The molecule has 0 radical (unpaired) electrons. The summed E-state index contributed by atoms with van der Waals surface area (Å²) in [6, 6.07) is 0. The molecule has 0 aromatic carbocycles. The van der Waals surface area contributed by atoms with Crippen molar-refractivity contribution in [1.29, 1.82) is 0 Å². The van der Waals surface area contributed by atoms with Gasteiger partial charge in [0.05, 0.1) is 0 Å². The maximum Gasteiger partial charge on any atom is 0.394 e. The summed E-state index contributed by atoms with van der Waals surface area (Å²) in [7, 11) is -4.67. The van der Waals surface area contributed by atoms with Crippen LogP contribution in [0.1, 0.15) is 0 Å². The highest BCUT2D eigenvalue weighted by atomic mass is 32.3. The zero-order valence-electron chi connectivity index (χ0n) is 12.1. The SMILES string of the molecule is Nc1[nH]c(=O)[nH]c(=S)c1N.Nc1[nH]c(=O)[nH]c(=S)c1N.O=S(=O)(O)O. The molecule has 0 amide bonds. The molecule has 0 aliphatic rings. The Labute approximate surface area is 148 Å². The lowest BCUT2D eigenvalue weighted by molar-refractivity contribution is 0.381. The van der Waals surface area contributed by atoms with E-state index in [0.29, 0.717) is 0 Å². The maximum absolute atomic E-state index is 10.6. The Hall–Kier alpha value is -2.73. The molecule has 2 aromatic rings. The van der Waals surface area contributed by atoms with Gasteiger partial charge >= 0.3 is 21.8 Å². The van der Waals surface area contributed by atoms with Crippen LogP contribution in [0.5, 0.6) is 0 Å². The quantitative estimate of drug-likeness (QED) is 0.175. The van der Waals surface area contributed by atoms with Crippen LogP contribution >= 0.6 is 24.4 Å². The minimum Gasteiger partial charge on any atom is -0.393 e. The third-order valence-electron chi connectivity index (χ3n) is 2.02. The Morgan fingerprint density at radius 1 is 0.720 bits per heavy atom. The average Bonchev–Trinajstić information content (AvgIpc) is 2.40. The van der Waals surface area contributed by atoms with Crippen molar-refractivity contribution in [3.05, 3.63) is 30.2 Å². The van der Waals surface area contributed by atoms with Crippen molar-refractivity contribution >= 4 is 57.8 Å². The molecule has 0 unspecified atom stereocenters. The summed E-state index contributed by atoms with van der Waals surface area (Å²) < 4.78 is 31.9. The van der Waals surface area contributed by atoms with Crippen LogP contribution in [0.15, 0.2) is 9.59 Å². The van der Waals surface area contributed by atoms with Gasteiger partial charge in [-0.1, -0.05) is 24.4 Å². The van der Waals surface area contributed by atoms with Gasteiger partial charge in [-0.15, -0.1) is 0 Å². The van der Waals surface area contributed by atoms with Crippen LogP contribution in [0.25, 0.3) is 0 Å². The van der Waals surface area contributed by atoms with Gasteiger partial charge in [-0.25, -0.2) is 9.59 Å². The van der Waals surface area contributed by atoms with Gasteiger partial charge in [0.1, 0.15) is 32.3 Å². The number of rotatable bonds is 0. The monoisotopic (exact) mass is 414 g/mol. The maximum atomic E-state index is 10.6. The molecular weight excluding hydrogens is 400 g/mol. The van der Waals surface area contributed by atoms with E-state index in [1.165, 1.54) is 0 Å². The zero-order chi connectivity index (χ0) is 19.9. The van der Waals surface area contributed by atoms with Gasteiger partial charge in [0.2, 0.25) is 0 Å². The summed E-state index contributed by atoms with van der Waals surface area (Å²) in [4.78, 5) is 30.2. The lowest BCUT2D eigenvalue weighted by atomic mass is 10.5. The van der Waals surface area contributed by atoms with Crippen LogP contribution in [0, 0.1) is 9.28 Å². The van der Waals surface area contributed by atoms with E-state index in [-0.39, 0.29) is 32.3 Å². The van der Waals surface area contributed by atoms with E-state index >= 15 is 0 Å². The lowest BCUT2D eigenvalue weighted by Gasteiger charge is -1.95. The van der Waals surface area contributed by atoms with Crippen molar-refractivity contribution in [3.8, 4) is 0 Å². The molecule has 2 heterocycles. The second-order valence-corrected chi connectivity index (χ2v) is 5.63. The molecule has 0 aliphatic carbocycles. The summed E-state index contributed by atoms with van der Waals surface area (Å²) in [5.74, 6) is 0.211. The van der Waals surface area contributed by atoms with Gasteiger partial charge < -0.3 is 22.9 Å². The molecule has 0 atom stereocenters. The van der Waals surface area contributed by atoms with Crippen LogP contribution in [0.4, 0.5) is 23.0 Å². The third-order valence-corrected chi connectivity index (χ3v) is 2.66. The normalized spacial score (nSPS) is 10.0. The van der Waals surface area contributed by atoms with E-state index in [9.17, 15) is 9.59 Å². The molecule has 17 heteroatoms. The van der Waals surface area contributed by atoms with Crippen molar-refractivity contribution < 1.29 is 17.5 Å². The zero-order valence-corrected chi connectivity index (χ0v) is 14.5. The molecule has 0 saturated carbocycles. The van der Waals surface area contributed by atoms with Crippen LogP contribution < -0.4 is 34.3 Å². The van der Waals surface area contributed by atoms with Crippen molar-refractivity contribution in [2.24, 2.45) is 0 Å². The van der Waals surface area contributed by atoms with E-state index in [0.717, 1.165) is 0 Å². The summed E-state index contributed by atoms with van der Waals surface area (Å²) in [5.41, 5.74) is 20.7. The molecule has 2 rings (SSSR count). The first-order valence-electron chi connectivity index (χ1n) is 5.67.